The van der Waals surface area contributed by atoms with E-state index in [1.54, 1.807) is 63.2 Å². The van der Waals surface area contributed by atoms with Gasteiger partial charge in [0, 0.05) is 5.70 Å². The van der Waals surface area contributed by atoms with Crippen LogP contribution in [0.4, 0.5) is 4.79 Å². The predicted octanol–water partition coefficient (Wildman–Crippen LogP) is 2.36. The van der Waals surface area contributed by atoms with Gasteiger partial charge in [-0.05, 0) is 68.3 Å². The number of hydrazone groups is 1. The van der Waals surface area contributed by atoms with Gasteiger partial charge in [-0.2, -0.15) is 5.10 Å². The average molecular weight is 569 g/mol. The third kappa shape index (κ3) is 8.71. The standard InChI is InChI=1S/C28H32N4O9/c1-5-38-24(34)16-40-20-10-7-18(8-11-20)14-29-32-23(33)15-41-21-12-9-19(13-22(21)37-4)26-25(27(35)39-6-2)17(3)30-28(36)31-26/h7-14,26H,5-6,15-16H2,1-4H3,(H,32,33)(H2,30,31,36)/b29-14-/t26-/m0/s1. The van der Waals surface area contributed by atoms with Crippen molar-refractivity contribution in [3.05, 3.63) is 64.9 Å². The molecule has 2 aromatic carbocycles. The van der Waals surface area contributed by atoms with E-state index in [4.69, 9.17) is 23.7 Å². The molecule has 1 aliphatic rings. The molecular formula is C28H32N4O9. The van der Waals surface area contributed by atoms with E-state index in [2.05, 4.69) is 21.2 Å². The summed E-state index contributed by atoms with van der Waals surface area (Å²) in [6.07, 6.45) is 1.44. The lowest BCUT2D eigenvalue weighted by molar-refractivity contribution is -0.145. The first-order valence-corrected chi connectivity index (χ1v) is 12.7. The van der Waals surface area contributed by atoms with Crippen LogP contribution in [0.2, 0.25) is 0 Å². The predicted molar refractivity (Wildman–Crippen MR) is 147 cm³/mol. The molecular weight excluding hydrogens is 536 g/mol. The number of amides is 3. The Kier molecular flexibility index (Phi) is 11.1. The molecule has 0 fully saturated rings. The van der Waals surface area contributed by atoms with Crippen molar-refractivity contribution >= 4 is 30.1 Å². The third-order valence-corrected chi connectivity index (χ3v) is 5.59. The SMILES string of the molecule is CCOC(=O)COc1ccc(/C=N\NC(=O)COc2ccc([C@@H]3NC(=O)NC(C)=C3C(=O)OCC)cc2OC)cc1. The van der Waals surface area contributed by atoms with Crippen molar-refractivity contribution in [2.24, 2.45) is 5.10 Å². The molecule has 218 valence electrons. The van der Waals surface area contributed by atoms with Crippen LogP contribution in [-0.2, 0) is 23.9 Å². The van der Waals surface area contributed by atoms with Crippen LogP contribution in [-0.4, -0.2) is 63.6 Å². The molecule has 0 saturated heterocycles. The molecule has 0 aromatic heterocycles. The number of methoxy groups -OCH3 is 1. The number of benzene rings is 2. The summed E-state index contributed by atoms with van der Waals surface area (Å²) in [5, 5.41) is 9.21. The molecule has 13 nitrogen and oxygen atoms in total. The number of carbonyl (C=O) groups is 4. The van der Waals surface area contributed by atoms with Crippen molar-refractivity contribution in [3.63, 3.8) is 0 Å². The van der Waals surface area contributed by atoms with Crippen molar-refractivity contribution in [1.82, 2.24) is 16.1 Å². The summed E-state index contributed by atoms with van der Waals surface area (Å²) < 4.78 is 26.3. The Balaban J connectivity index is 1.57. The number of esters is 2. The highest BCUT2D eigenvalue weighted by atomic mass is 16.6. The van der Waals surface area contributed by atoms with Crippen LogP contribution in [0.25, 0.3) is 0 Å². The summed E-state index contributed by atoms with van der Waals surface area (Å²) >= 11 is 0. The molecule has 1 aliphatic heterocycles. The van der Waals surface area contributed by atoms with Crippen molar-refractivity contribution in [1.29, 1.82) is 0 Å². The van der Waals surface area contributed by atoms with Crippen molar-refractivity contribution in [2.45, 2.75) is 26.8 Å². The fraction of sp³-hybridized carbons (Fsp3) is 0.321. The van der Waals surface area contributed by atoms with Crippen LogP contribution in [0.15, 0.2) is 58.8 Å². The minimum atomic E-state index is -0.776. The minimum Gasteiger partial charge on any atom is -0.493 e. The number of rotatable bonds is 13. The van der Waals surface area contributed by atoms with E-state index in [0.717, 1.165) is 0 Å². The van der Waals surface area contributed by atoms with Crippen LogP contribution in [0, 0.1) is 0 Å². The average Bonchev–Trinajstić information content (AvgIpc) is 2.95. The van der Waals surface area contributed by atoms with Gasteiger partial charge in [-0.15, -0.1) is 0 Å². The van der Waals surface area contributed by atoms with E-state index in [1.165, 1.54) is 13.3 Å². The smallest absolute Gasteiger partial charge is 0.344 e. The van der Waals surface area contributed by atoms with E-state index >= 15 is 0 Å². The second-order valence-electron chi connectivity index (χ2n) is 8.45. The van der Waals surface area contributed by atoms with Crippen LogP contribution in [0.1, 0.15) is 37.9 Å². The highest BCUT2D eigenvalue weighted by molar-refractivity contribution is 5.95. The topological polar surface area (TPSA) is 163 Å². The minimum absolute atomic E-state index is 0.179. The largest absolute Gasteiger partial charge is 0.493 e. The lowest BCUT2D eigenvalue weighted by Crippen LogP contribution is -2.45. The zero-order valence-corrected chi connectivity index (χ0v) is 23.1. The fourth-order valence-electron chi connectivity index (χ4n) is 3.76. The van der Waals surface area contributed by atoms with Gasteiger partial charge in [-0.3, -0.25) is 4.79 Å². The number of carbonyl (C=O) groups excluding carboxylic acids is 4. The first-order valence-electron chi connectivity index (χ1n) is 12.7. The van der Waals surface area contributed by atoms with Gasteiger partial charge < -0.3 is 34.3 Å². The fourth-order valence-corrected chi connectivity index (χ4v) is 3.76. The van der Waals surface area contributed by atoms with Gasteiger partial charge in [0.1, 0.15) is 5.75 Å². The molecule has 0 spiro atoms. The van der Waals surface area contributed by atoms with Crippen LogP contribution >= 0.6 is 0 Å². The quantitative estimate of drug-likeness (QED) is 0.187. The number of allylic oxidation sites excluding steroid dienone is 1. The summed E-state index contributed by atoms with van der Waals surface area (Å²) in [5.74, 6) is -0.487. The summed E-state index contributed by atoms with van der Waals surface area (Å²) in [6, 6.07) is 10.3. The number of hydrogen-bond acceptors (Lipinski definition) is 10. The van der Waals surface area contributed by atoms with E-state index in [0.29, 0.717) is 22.6 Å². The van der Waals surface area contributed by atoms with Gasteiger partial charge in [0.25, 0.3) is 5.91 Å². The zero-order chi connectivity index (χ0) is 29.8. The number of hydrogen-bond donors (Lipinski definition) is 3. The molecule has 1 heterocycles. The van der Waals surface area contributed by atoms with Gasteiger partial charge in [0.2, 0.25) is 0 Å². The third-order valence-electron chi connectivity index (χ3n) is 5.59. The number of urea groups is 1. The van der Waals surface area contributed by atoms with Crippen LogP contribution in [0.3, 0.4) is 0 Å². The van der Waals surface area contributed by atoms with Gasteiger partial charge in [0.05, 0.1) is 38.2 Å². The Morgan fingerprint density at radius 1 is 0.976 bits per heavy atom. The van der Waals surface area contributed by atoms with Gasteiger partial charge in [-0.25, -0.2) is 19.8 Å². The lowest BCUT2D eigenvalue weighted by atomic mass is 9.95. The Bertz CT molecular complexity index is 1320. The molecule has 0 bridgehead atoms. The normalized spacial score (nSPS) is 14.5. The maximum atomic E-state index is 12.6. The van der Waals surface area contributed by atoms with Crippen molar-refractivity contribution in [2.75, 3.05) is 33.5 Å². The molecule has 0 saturated carbocycles. The van der Waals surface area contributed by atoms with Gasteiger partial charge in [-0.1, -0.05) is 6.07 Å². The molecule has 3 N–H and O–H groups in total. The van der Waals surface area contributed by atoms with Gasteiger partial charge >= 0.3 is 18.0 Å². The molecule has 0 aliphatic carbocycles. The van der Waals surface area contributed by atoms with E-state index in [-0.39, 0.29) is 43.5 Å². The molecule has 13 heteroatoms. The highest BCUT2D eigenvalue weighted by Crippen LogP contribution is 2.34. The molecule has 0 unspecified atom stereocenters. The van der Waals surface area contributed by atoms with Gasteiger partial charge in [0.15, 0.2) is 24.7 Å². The number of ether oxygens (including phenoxy) is 5. The highest BCUT2D eigenvalue weighted by Gasteiger charge is 2.32. The van der Waals surface area contributed by atoms with Crippen molar-refractivity contribution in [3.8, 4) is 17.2 Å². The number of nitrogens with one attached hydrogen (secondary N) is 3. The monoisotopic (exact) mass is 568 g/mol. The molecule has 1 atom stereocenters. The second-order valence-corrected chi connectivity index (χ2v) is 8.45. The van der Waals surface area contributed by atoms with E-state index < -0.39 is 29.9 Å². The number of nitrogens with zero attached hydrogens (tertiary/aromatic N) is 1. The zero-order valence-electron chi connectivity index (χ0n) is 23.1. The molecule has 2 aromatic rings. The Morgan fingerprint density at radius 3 is 2.39 bits per heavy atom. The van der Waals surface area contributed by atoms with Crippen LogP contribution in [0.5, 0.6) is 17.2 Å². The Morgan fingerprint density at radius 2 is 1.71 bits per heavy atom. The molecule has 3 rings (SSSR count). The summed E-state index contributed by atoms with van der Waals surface area (Å²) in [7, 11) is 1.43. The van der Waals surface area contributed by atoms with Crippen LogP contribution < -0.4 is 30.3 Å². The molecule has 41 heavy (non-hydrogen) atoms. The molecule has 0 radical (unpaired) electrons. The molecule has 3 amide bonds. The first kappa shape index (κ1) is 30.5. The Hall–Kier alpha value is -5.07. The van der Waals surface area contributed by atoms with E-state index in [1.807, 2.05) is 0 Å². The maximum Gasteiger partial charge on any atom is 0.344 e. The maximum absolute atomic E-state index is 12.6. The van der Waals surface area contributed by atoms with Crippen molar-refractivity contribution < 1.29 is 42.9 Å². The summed E-state index contributed by atoms with van der Waals surface area (Å²) in [5.41, 5.74) is 4.25. The Labute approximate surface area is 236 Å². The van der Waals surface area contributed by atoms with E-state index in [9.17, 15) is 19.2 Å². The lowest BCUT2D eigenvalue weighted by Gasteiger charge is -2.28. The summed E-state index contributed by atoms with van der Waals surface area (Å²) in [4.78, 5) is 48.3. The summed E-state index contributed by atoms with van der Waals surface area (Å²) in [6.45, 7) is 4.94. The second kappa shape index (κ2) is 14.9. The first-order chi connectivity index (χ1) is 19.7.